The van der Waals surface area contributed by atoms with Crippen molar-refractivity contribution in [3.63, 3.8) is 0 Å². The Bertz CT molecular complexity index is 560. The van der Waals surface area contributed by atoms with Gasteiger partial charge in [0.1, 0.15) is 0 Å². The second-order valence-corrected chi connectivity index (χ2v) is 3.39. The third kappa shape index (κ3) is 1.65. The van der Waals surface area contributed by atoms with E-state index in [9.17, 15) is 9.90 Å². The molecule has 0 radical (unpaired) electrons. The Balaban J connectivity index is 2.68. The van der Waals surface area contributed by atoms with Gasteiger partial charge in [0.25, 0.3) is 0 Å². The van der Waals surface area contributed by atoms with Crippen LogP contribution in [0.5, 0.6) is 11.5 Å². The highest BCUT2D eigenvalue weighted by Crippen LogP contribution is 2.31. The topological polar surface area (TPSA) is 66.8 Å². The monoisotopic (exact) mass is 218 g/mol. The highest BCUT2D eigenvalue weighted by molar-refractivity contribution is 5.95. The van der Waals surface area contributed by atoms with E-state index in [2.05, 4.69) is 0 Å². The molecule has 0 amide bonds. The highest BCUT2D eigenvalue weighted by Gasteiger charge is 2.07. The van der Waals surface area contributed by atoms with E-state index in [0.29, 0.717) is 5.75 Å². The van der Waals surface area contributed by atoms with Crippen molar-refractivity contribution in [3.8, 4) is 11.5 Å². The molecule has 2 aromatic carbocycles. The van der Waals surface area contributed by atoms with Crippen LogP contribution in [-0.4, -0.2) is 23.3 Å². The Kier molecular flexibility index (Phi) is 2.40. The lowest BCUT2D eigenvalue weighted by molar-refractivity contribution is 0.0697. The molecular weight excluding hydrogens is 208 g/mol. The number of carbonyl (C=O) groups is 1. The highest BCUT2D eigenvalue weighted by atomic mass is 16.5. The van der Waals surface area contributed by atoms with Crippen molar-refractivity contribution in [1.82, 2.24) is 0 Å². The molecule has 2 N–H and O–H groups in total. The summed E-state index contributed by atoms with van der Waals surface area (Å²) in [5.74, 6) is -0.609. The van der Waals surface area contributed by atoms with Crippen LogP contribution in [0.1, 0.15) is 10.4 Å². The van der Waals surface area contributed by atoms with Gasteiger partial charge in [-0.05, 0) is 35.0 Å². The smallest absolute Gasteiger partial charge is 0.335 e. The standard InChI is InChI=1S/C12H10O4/c1-16-11-6-9-4-8(12(14)15)3-2-7(9)5-10(11)13/h2-6,13H,1H3,(H,14,15). The van der Waals surface area contributed by atoms with E-state index >= 15 is 0 Å². The summed E-state index contributed by atoms with van der Waals surface area (Å²) < 4.78 is 4.96. The number of hydrogen-bond donors (Lipinski definition) is 2. The van der Waals surface area contributed by atoms with E-state index in [0.717, 1.165) is 10.8 Å². The molecular formula is C12H10O4. The Labute approximate surface area is 91.7 Å². The number of aromatic hydroxyl groups is 1. The van der Waals surface area contributed by atoms with Crippen molar-refractivity contribution in [2.24, 2.45) is 0 Å². The Hall–Kier alpha value is -2.23. The van der Waals surface area contributed by atoms with Crippen molar-refractivity contribution in [2.45, 2.75) is 0 Å². The maximum absolute atomic E-state index is 10.8. The number of benzene rings is 2. The molecule has 0 atom stereocenters. The molecule has 0 heterocycles. The van der Waals surface area contributed by atoms with Gasteiger partial charge in [-0.1, -0.05) is 6.07 Å². The van der Waals surface area contributed by atoms with Gasteiger partial charge in [-0.15, -0.1) is 0 Å². The number of fused-ring (bicyclic) bond motifs is 1. The largest absolute Gasteiger partial charge is 0.504 e. The first-order chi connectivity index (χ1) is 7.61. The molecule has 2 rings (SSSR count). The molecule has 0 aliphatic carbocycles. The lowest BCUT2D eigenvalue weighted by Crippen LogP contribution is -1.95. The summed E-state index contributed by atoms with van der Waals surface area (Å²) in [6, 6.07) is 7.84. The first-order valence-electron chi connectivity index (χ1n) is 4.66. The molecule has 0 saturated carbocycles. The molecule has 0 bridgehead atoms. The predicted octanol–water partition coefficient (Wildman–Crippen LogP) is 2.25. The van der Waals surface area contributed by atoms with Crippen molar-refractivity contribution in [3.05, 3.63) is 35.9 Å². The number of rotatable bonds is 2. The van der Waals surface area contributed by atoms with Gasteiger partial charge >= 0.3 is 5.97 Å². The molecule has 0 unspecified atom stereocenters. The van der Waals surface area contributed by atoms with E-state index in [1.54, 1.807) is 24.3 Å². The average molecular weight is 218 g/mol. The van der Waals surface area contributed by atoms with Gasteiger partial charge in [-0.3, -0.25) is 0 Å². The van der Waals surface area contributed by atoms with Crippen LogP contribution in [-0.2, 0) is 0 Å². The van der Waals surface area contributed by atoms with Crippen molar-refractivity contribution >= 4 is 16.7 Å². The van der Waals surface area contributed by atoms with E-state index in [-0.39, 0.29) is 11.3 Å². The first kappa shape index (κ1) is 10.3. The number of methoxy groups -OCH3 is 1. The van der Waals surface area contributed by atoms with Gasteiger partial charge in [0.2, 0.25) is 0 Å². The van der Waals surface area contributed by atoms with Gasteiger partial charge in [0, 0.05) is 0 Å². The molecule has 2 aromatic rings. The van der Waals surface area contributed by atoms with Crippen LogP contribution in [0.4, 0.5) is 0 Å². The Morgan fingerprint density at radius 3 is 2.56 bits per heavy atom. The van der Waals surface area contributed by atoms with E-state index < -0.39 is 5.97 Å². The van der Waals surface area contributed by atoms with Crippen LogP contribution in [0.2, 0.25) is 0 Å². The van der Waals surface area contributed by atoms with Crippen LogP contribution in [0.3, 0.4) is 0 Å². The van der Waals surface area contributed by atoms with Gasteiger partial charge < -0.3 is 14.9 Å². The Morgan fingerprint density at radius 1 is 1.19 bits per heavy atom. The molecule has 0 saturated heterocycles. The second-order valence-electron chi connectivity index (χ2n) is 3.39. The fourth-order valence-corrected chi connectivity index (χ4v) is 1.56. The van der Waals surface area contributed by atoms with Crippen LogP contribution in [0.25, 0.3) is 10.8 Å². The normalized spacial score (nSPS) is 10.3. The summed E-state index contributed by atoms with van der Waals surface area (Å²) in [7, 11) is 1.45. The minimum atomic E-state index is -0.978. The number of hydrogen-bond acceptors (Lipinski definition) is 3. The van der Waals surface area contributed by atoms with Gasteiger partial charge in [-0.2, -0.15) is 0 Å². The fraction of sp³-hybridized carbons (Fsp3) is 0.0833. The summed E-state index contributed by atoms with van der Waals surface area (Å²) in [6.45, 7) is 0. The van der Waals surface area contributed by atoms with Crippen molar-refractivity contribution < 1.29 is 19.7 Å². The SMILES string of the molecule is COc1cc2cc(C(=O)O)ccc2cc1O. The minimum absolute atomic E-state index is 0.0399. The van der Waals surface area contributed by atoms with E-state index in [4.69, 9.17) is 9.84 Å². The molecule has 4 heteroatoms. The summed E-state index contributed by atoms with van der Waals surface area (Å²) >= 11 is 0. The average Bonchev–Trinajstić information content (AvgIpc) is 2.27. The molecule has 0 spiro atoms. The number of aromatic carboxylic acids is 1. The Morgan fingerprint density at radius 2 is 1.94 bits per heavy atom. The quantitative estimate of drug-likeness (QED) is 0.811. The predicted molar refractivity (Wildman–Crippen MR) is 59.1 cm³/mol. The van der Waals surface area contributed by atoms with Gasteiger partial charge in [0.05, 0.1) is 12.7 Å². The number of carboxylic acid groups (broad SMARTS) is 1. The molecule has 0 aliphatic rings. The first-order valence-corrected chi connectivity index (χ1v) is 4.66. The number of phenolic OH excluding ortho intramolecular Hbond substituents is 1. The second kappa shape index (κ2) is 3.73. The summed E-state index contributed by atoms with van der Waals surface area (Å²) in [5, 5.41) is 19.9. The van der Waals surface area contributed by atoms with Crippen LogP contribution in [0.15, 0.2) is 30.3 Å². The van der Waals surface area contributed by atoms with Crippen molar-refractivity contribution in [1.29, 1.82) is 0 Å². The maximum Gasteiger partial charge on any atom is 0.335 e. The zero-order valence-electron chi connectivity index (χ0n) is 8.60. The third-order valence-corrected chi connectivity index (χ3v) is 2.38. The summed E-state index contributed by atoms with van der Waals surface area (Å²) in [5.41, 5.74) is 0.209. The number of carboxylic acids is 1. The van der Waals surface area contributed by atoms with Gasteiger partial charge in [-0.25, -0.2) is 4.79 Å². The zero-order valence-corrected chi connectivity index (χ0v) is 8.60. The molecule has 0 aromatic heterocycles. The summed E-state index contributed by atoms with van der Waals surface area (Å²) in [6.07, 6.45) is 0. The molecule has 0 aliphatic heterocycles. The van der Waals surface area contributed by atoms with Crippen molar-refractivity contribution in [2.75, 3.05) is 7.11 Å². The van der Waals surface area contributed by atoms with Crippen LogP contribution >= 0.6 is 0 Å². The molecule has 0 fully saturated rings. The fourth-order valence-electron chi connectivity index (χ4n) is 1.56. The molecule has 4 nitrogen and oxygen atoms in total. The van der Waals surface area contributed by atoms with E-state index in [1.165, 1.54) is 13.2 Å². The maximum atomic E-state index is 10.8. The minimum Gasteiger partial charge on any atom is -0.504 e. The van der Waals surface area contributed by atoms with E-state index in [1.807, 2.05) is 0 Å². The molecule has 16 heavy (non-hydrogen) atoms. The zero-order chi connectivity index (χ0) is 11.7. The van der Waals surface area contributed by atoms with Crippen LogP contribution < -0.4 is 4.74 Å². The number of ether oxygens (including phenoxy) is 1. The lowest BCUT2D eigenvalue weighted by atomic mass is 10.1. The van der Waals surface area contributed by atoms with Gasteiger partial charge in [0.15, 0.2) is 11.5 Å². The lowest BCUT2D eigenvalue weighted by Gasteiger charge is -2.06. The molecule has 82 valence electrons. The van der Waals surface area contributed by atoms with Crippen LogP contribution in [0, 0.1) is 0 Å². The third-order valence-electron chi connectivity index (χ3n) is 2.38. The summed E-state index contributed by atoms with van der Waals surface area (Å²) in [4.78, 5) is 10.8. The number of phenols is 1.